The van der Waals surface area contributed by atoms with Crippen molar-refractivity contribution in [3.63, 3.8) is 0 Å². The minimum Gasteiger partial charge on any atom is -0.459 e. The lowest BCUT2D eigenvalue weighted by atomic mass is 10.2. The van der Waals surface area contributed by atoms with Gasteiger partial charge in [-0.1, -0.05) is 30.3 Å². The predicted octanol–water partition coefficient (Wildman–Crippen LogP) is 0.194. The maximum absolute atomic E-state index is 13.1. The van der Waals surface area contributed by atoms with Crippen molar-refractivity contribution in [1.82, 2.24) is 23.1 Å². The molecule has 10 nitrogen and oxygen atoms in total. The molecule has 1 N–H and O–H groups in total. The van der Waals surface area contributed by atoms with E-state index in [1.807, 2.05) is 37.3 Å². The van der Waals surface area contributed by atoms with E-state index >= 15 is 0 Å². The fraction of sp³-hybridized carbons (Fsp3) is 0.300. The molecule has 0 saturated carbocycles. The Labute approximate surface area is 170 Å². The summed E-state index contributed by atoms with van der Waals surface area (Å²) in [6.45, 7) is 1.59. The van der Waals surface area contributed by atoms with E-state index < -0.39 is 23.8 Å². The lowest BCUT2D eigenvalue weighted by molar-refractivity contribution is -0.145. The van der Waals surface area contributed by atoms with Gasteiger partial charge in [-0.05, 0) is 12.5 Å². The van der Waals surface area contributed by atoms with Crippen LogP contribution in [0.1, 0.15) is 11.3 Å². The number of imidazole rings is 2. The number of benzene rings is 1. The quantitative estimate of drug-likeness (QED) is 0.454. The third-order valence-corrected chi connectivity index (χ3v) is 4.99. The molecule has 3 aromatic heterocycles. The first-order valence-corrected chi connectivity index (χ1v) is 9.40. The lowest BCUT2D eigenvalue weighted by Gasteiger charge is -2.08. The summed E-state index contributed by atoms with van der Waals surface area (Å²) in [7, 11) is 1.49. The minimum atomic E-state index is -0.688. The minimum absolute atomic E-state index is 0.0527. The molecule has 0 spiro atoms. The Morgan fingerprint density at radius 3 is 2.60 bits per heavy atom. The second kappa shape index (κ2) is 7.64. The van der Waals surface area contributed by atoms with Crippen LogP contribution in [0.3, 0.4) is 0 Å². The van der Waals surface area contributed by atoms with Crippen LogP contribution in [0.5, 0.6) is 0 Å². The zero-order valence-corrected chi connectivity index (χ0v) is 16.6. The van der Waals surface area contributed by atoms with E-state index in [2.05, 4.69) is 4.98 Å². The fourth-order valence-electron chi connectivity index (χ4n) is 3.48. The molecule has 4 aromatic rings. The molecule has 0 fully saturated rings. The number of carbonyl (C=O) groups is 1. The highest BCUT2D eigenvalue weighted by atomic mass is 16.5. The van der Waals surface area contributed by atoms with E-state index in [-0.39, 0.29) is 24.4 Å². The van der Waals surface area contributed by atoms with E-state index in [1.54, 1.807) is 15.2 Å². The van der Waals surface area contributed by atoms with Gasteiger partial charge in [0.2, 0.25) is 5.78 Å². The monoisotopic (exact) mass is 411 g/mol. The van der Waals surface area contributed by atoms with E-state index in [9.17, 15) is 19.5 Å². The Morgan fingerprint density at radius 2 is 1.90 bits per heavy atom. The maximum Gasteiger partial charge on any atom is 0.333 e. The molecule has 0 radical (unpaired) electrons. The summed E-state index contributed by atoms with van der Waals surface area (Å²) in [6.07, 6.45) is 1.71. The van der Waals surface area contributed by atoms with Crippen LogP contribution in [-0.2, 0) is 36.3 Å². The number of esters is 1. The Balaban J connectivity index is 1.74. The van der Waals surface area contributed by atoms with Gasteiger partial charge in [0.1, 0.15) is 13.2 Å². The number of aromatic nitrogens is 5. The second-order valence-electron chi connectivity index (χ2n) is 6.98. The summed E-state index contributed by atoms with van der Waals surface area (Å²) in [5.41, 5.74) is 0.715. The van der Waals surface area contributed by atoms with Crippen molar-refractivity contribution < 1.29 is 14.6 Å². The zero-order valence-electron chi connectivity index (χ0n) is 16.6. The van der Waals surface area contributed by atoms with Crippen LogP contribution >= 0.6 is 0 Å². The number of hydrogen-bond acceptors (Lipinski definition) is 6. The van der Waals surface area contributed by atoms with Gasteiger partial charge in [-0.15, -0.1) is 0 Å². The zero-order chi connectivity index (χ0) is 21.4. The highest BCUT2D eigenvalue weighted by Crippen LogP contribution is 2.16. The average molecular weight is 411 g/mol. The summed E-state index contributed by atoms with van der Waals surface area (Å²) in [4.78, 5) is 42.5. The summed E-state index contributed by atoms with van der Waals surface area (Å²) >= 11 is 0. The van der Waals surface area contributed by atoms with Crippen molar-refractivity contribution in [2.45, 2.75) is 26.6 Å². The van der Waals surface area contributed by atoms with Crippen molar-refractivity contribution in [3.8, 4) is 0 Å². The molecule has 3 heterocycles. The van der Waals surface area contributed by atoms with Crippen LogP contribution in [0.2, 0.25) is 0 Å². The van der Waals surface area contributed by atoms with Crippen LogP contribution in [0.25, 0.3) is 16.9 Å². The highest BCUT2D eigenvalue weighted by Gasteiger charge is 2.21. The Morgan fingerprint density at radius 1 is 1.17 bits per heavy atom. The Bertz CT molecular complexity index is 1360. The van der Waals surface area contributed by atoms with Gasteiger partial charge in [0.25, 0.3) is 5.56 Å². The number of ether oxygens (including phenoxy) is 1. The van der Waals surface area contributed by atoms with Crippen molar-refractivity contribution >= 4 is 22.9 Å². The summed E-state index contributed by atoms with van der Waals surface area (Å²) < 4.78 is 10.6. The summed E-state index contributed by atoms with van der Waals surface area (Å²) in [5.74, 6) is -0.250. The number of aliphatic hydroxyl groups excluding tert-OH is 1. The third kappa shape index (κ3) is 3.20. The number of fused-ring (bicyclic) bond motifs is 3. The summed E-state index contributed by atoms with van der Waals surface area (Å²) in [6, 6.07) is 9.13. The second-order valence-corrected chi connectivity index (χ2v) is 6.98. The topological polar surface area (TPSA) is 113 Å². The molecule has 4 rings (SSSR count). The SMILES string of the molecule is Cc1cn2c3c(=O)n(CC(=O)OCc4ccccc4)c(=O)n(C)c3nc2n1CCO. The smallest absolute Gasteiger partial charge is 0.333 e. The molecule has 0 aliphatic rings. The van der Waals surface area contributed by atoms with Gasteiger partial charge < -0.3 is 14.4 Å². The molecule has 0 aliphatic carbocycles. The third-order valence-electron chi connectivity index (χ3n) is 4.99. The van der Waals surface area contributed by atoms with Crippen LogP contribution in [0, 0.1) is 6.92 Å². The van der Waals surface area contributed by atoms with Crippen molar-refractivity contribution in [3.05, 3.63) is 68.6 Å². The van der Waals surface area contributed by atoms with Gasteiger partial charge in [0.05, 0.1) is 6.61 Å². The van der Waals surface area contributed by atoms with Gasteiger partial charge in [0.15, 0.2) is 11.2 Å². The molecule has 30 heavy (non-hydrogen) atoms. The largest absolute Gasteiger partial charge is 0.459 e. The molecule has 0 atom stereocenters. The van der Waals surface area contributed by atoms with Crippen LogP contribution in [0.15, 0.2) is 46.1 Å². The number of aryl methyl sites for hydroxylation is 2. The molecule has 10 heteroatoms. The predicted molar refractivity (Wildman–Crippen MR) is 108 cm³/mol. The van der Waals surface area contributed by atoms with E-state index in [0.29, 0.717) is 12.3 Å². The van der Waals surface area contributed by atoms with Gasteiger partial charge in [-0.3, -0.25) is 18.6 Å². The van der Waals surface area contributed by atoms with E-state index in [0.717, 1.165) is 15.8 Å². The molecule has 1 aromatic carbocycles. The first-order valence-electron chi connectivity index (χ1n) is 9.40. The van der Waals surface area contributed by atoms with Gasteiger partial charge in [-0.2, -0.15) is 4.98 Å². The van der Waals surface area contributed by atoms with Crippen molar-refractivity contribution in [2.24, 2.45) is 7.05 Å². The molecule has 0 bridgehead atoms. The summed E-state index contributed by atoms with van der Waals surface area (Å²) in [5, 5.41) is 9.30. The number of rotatable bonds is 6. The molecular weight excluding hydrogens is 390 g/mol. The molecule has 0 saturated heterocycles. The number of hydrogen-bond donors (Lipinski definition) is 1. The van der Waals surface area contributed by atoms with Crippen LogP contribution < -0.4 is 11.2 Å². The van der Waals surface area contributed by atoms with Crippen molar-refractivity contribution in [2.75, 3.05) is 6.61 Å². The first kappa shape index (κ1) is 19.6. The van der Waals surface area contributed by atoms with Crippen LogP contribution in [0.4, 0.5) is 0 Å². The molecular formula is C20H21N5O5. The maximum atomic E-state index is 13.1. The van der Waals surface area contributed by atoms with E-state index in [1.165, 1.54) is 11.6 Å². The van der Waals surface area contributed by atoms with Crippen molar-refractivity contribution in [1.29, 1.82) is 0 Å². The lowest BCUT2D eigenvalue weighted by Crippen LogP contribution is -2.41. The van der Waals surface area contributed by atoms with E-state index in [4.69, 9.17) is 4.74 Å². The number of nitrogens with zero attached hydrogens (tertiary/aromatic N) is 5. The van der Waals surface area contributed by atoms with Gasteiger partial charge in [0, 0.05) is 25.5 Å². The fourth-order valence-corrected chi connectivity index (χ4v) is 3.48. The molecule has 156 valence electrons. The normalized spacial score (nSPS) is 11.4. The number of aliphatic hydroxyl groups is 1. The Hall–Kier alpha value is -3.66. The average Bonchev–Trinajstić information content (AvgIpc) is 3.25. The number of carbonyl (C=O) groups excluding carboxylic acids is 1. The van der Waals surface area contributed by atoms with Gasteiger partial charge >= 0.3 is 11.7 Å². The molecule has 0 aliphatic heterocycles. The van der Waals surface area contributed by atoms with Gasteiger partial charge in [-0.25, -0.2) is 9.36 Å². The first-order chi connectivity index (χ1) is 14.4. The molecule has 0 unspecified atom stereocenters. The molecule has 0 amide bonds. The Kier molecular flexibility index (Phi) is 5.00. The van der Waals surface area contributed by atoms with Crippen LogP contribution in [-0.4, -0.2) is 40.8 Å². The standard InChI is InChI=1S/C20H21N5O5/c1-13-10-24-16-17(21-19(24)23(13)8-9-26)22(2)20(29)25(18(16)28)11-15(27)30-12-14-6-4-3-5-7-14/h3-7,10,26H,8-9,11-12H2,1-2H3. The highest BCUT2D eigenvalue weighted by molar-refractivity contribution is 5.76.